The molecule has 9 heteroatoms. The Morgan fingerprint density at radius 1 is 1.22 bits per heavy atom. The summed E-state index contributed by atoms with van der Waals surface area (Å²) in [6, 6.07) is 13.3. The zero-order valence-electron chi connectivity index (χ0n) is 17.8. The maximum Gasteiger partial charge on any atom is 0.297 e. The van der Waals surface area contributed by atoms with E-state index in [2.05, 4.69) is 15.6 Å². The summed E-state index contributed by atoms with van der Waals surface area (Å²) in [5.41, 5.74) is 1.30. The fraction of sp³-hybridized carbons (Fsp3) is 0.217. The van der Waals surface area contributed by atoms with Crippen LogP contribution in [-0.4, -0.2) is 28.0 Å². The van der Waals surface area contributed by atoms with Crippen LogP contribution in [0.1, 0.15) is 25.1 Å². The molecule has 4 aromatic rings. The zero-order valence-corrected chi connectivity index (χ0v) is 18.5. The number of anilines is 1. The summed E-state index contributed by atoms with van der Waals surface area (Å²) in [6.45, 7) is 3.52. The van der Waals surface area contributed by atoms with E-state index < -0.39 is 17.5 Å². The Morgan fingerprint density at radius 3 is 2.59 bits per heavy atom. The number of amides is 1. The van der Waals surface area contributed by atoms with Crippen LogP contribution in [0.15, 0.2) is 57.8 Å². The van der Waals surface area contributed by atoms with E-state index in [0.29, 0.717) is 39.7 Å². The molecule has 0 fully saturated rings. The number of ether oxygens (including phenoxy) is 1. The molecular weight excluding hydrogens is 432 g/mol. The van der Waals surface area contributed by atoms with Gasteiger partial charge < -0.3 is 14.6 Å². The van der Waals surface area contributed by atoms with E-state index >= 15 is 0 Å². The first kappa shape index (κ1) is 21.6. The molecule has 0 aliphatic heterocycles. The number of benzene rings is 2. The Balaban J connectivity index is 1.84. The molecule has 32 heavy (non-hydrogen) atoms. The minimum absolute atomic E-state index is 0.118. The molecule has 2 aromatic heterocycles. The summed E-state index contributed by atoms with van der Waals surface area (Å²) in [4.78, 5) is 26.3. The topological polar surface area (TPSA) is 99.2 Å². The van der Waals surface area contributed by atoms with Gasteiger partial charge in [0.2, 0.25) is 5.91 Å². The first-order valence-electron chi connectivity index (χ1n) is 10.0. The van der Waals surface area contributed by atoms with Gasteiger partial charge in [-0.25, -0.2) is 4.68 Å². The Labute approximate surface area is 188 Å². The highest BCUT2D eigenvalue weighted by Crippen LogP contribution is 2.30. The van der Waals surface area contributed by atoms with Gasteiger partial charge in [0.25, 0.3) is 5.56 Å². The predicted octanol–water partition coefficient (Wildman–Crippen LogP) is 4.61. The van der Waals surface area contributed by atoms with E-state index in [1.54, 1.807) is 57.4 Å². The van der Waals surface area contributed by atoms with Crippen LogP contribution in [0.5, 0.6) is 5.75 Å². The van der Waals surface area contributed by atoms with Crippen molar-refractivity contribution in [3.63, 3.8) is 0 Å². The fourth-order valence-electron chi connectivity index (χ4n) is 3.52. The minimum atomic E-state index is -0.878. The highest BCUT2D eigenvalue weighted by molar-refractivity contribution is 6.33. The number of hydrogen-bond donors (Lipinski definition) is 1. The number of rotatable bonds is 6. The second-order valence-electron chi connectivity index (χ2n) is 7.18. The summed E-state index contributed by atoms with van der Waals surface area (Å²) in [5.74, 6) is 0.748. The second kappa shape index (κ2) is 8.84. The molecule has 1 amide bonds. The number of para-hydroxylation sites is 1. The van der Waals surface area contributed by atoms with Gasteiger partial charge in [0.05, 0.1) is 23.2 Å². The molecule has 0 aliphatic rings. The van der Waals surface area contributed by atoms with Crippen molar-refractivity contribution < 1.29 is 14.1 Å². The molecule has 0 bridgehead atoms. The van der Waals surface area contributed by atoms with E-state index in [9.17, 15) is 9.59 Å². The van der Waals surface area contributed by atoms with Crippen LogP contribution < -0.4 is 15.6 Å². The number of nitrogens with zero attached hydrogens (tertiary/aromatic N) is 3. The van der Waals surface area contributed by atoms with Crippen LogP contribution in [-0.2, 0) is 4.79 Å². The summed E-state index contributed by atoms with van der Waals surface area (Å²) in [7, 11) is 1.58. The first-order chi connectivity index (χ1) is 15.4. The smallest absolute Gasteiger partial charge is 0.297 e. The Hall–Kier alpha value is -3.65. The van der Waals surface area contributed by atoms with Crippen molar-refractivity contribution in [3.8, 4) is 17.0 Å². The Morgan fingerprint density at radius 2 is 1.94 bits per heavy atom. The molecule has 2 aromatic carbocycles. The van der Waals surface area contributed by atoms with Crippen LogP contribution in [0.3, 0.4) is 0 Å². The lowest BCUT2D eigenvalue weighted by Gasteiger charge is -2.18. The van der Waals surface area contributed by atoms with Crippen molar-refractivity contribution in [2.45, 2.75) is 26.3 Å². The largest absolute Gasteiger partial charge is 0.497 e. The number of carbonyl (C=O) groups excluding carboxylic acids is 1. The first-order valence-corrected chi connectivity index (χ1v) is 10.4. The molecule has 0 saturated carbocycles. The number of hydrogen-bond acceptors (Lipinski definition) is 6. The highest BCUT2D eigenvalue weighted by Gasteiger charge is 2.26. The van der Waals surface area contributed by atoms with Gasteiger partial charge in [-0.1, -0.05) is 35.8 Å². The molecule has 1 atom stereocenters. The molecule has 0 aliphatic carbocycles. The fourth-order valence-corrected chi connectivity index (χ4v) is 3.70. The highest BCUT2D eigenvalue weighted by atomic mass is 35.5. The van der Waals surface area contributed by atoms with Crippen molar-refractivity contribution in [1.82, 2.24) is 14.9 Å². The van der Waals surface area contributed by atoms with E-state index in [4.69, 9.17) is 20.9 Å². The lowest BCUT2D eigenvalue weighted by atomic mass is 10.1. The number of nitrogens with one attached hydrogen (secondary N) is 1. The van der Waals surface area contributed by atoms with Gasteiger partial charge in [0.15, 0.2) is 5.52 Å². The molecule has 0 spiro atoms. The number of carbonyl (C=O) groups is 1. The van der Waals surface area contributed by atoms with Gasteiger partial charge in [0.1, 0.15) is 23.2 Å². The lowest BCUT2D eigenvalue weighted by Crippen LogP contribution is -2.35. The van der Waals surface area contributed by atoms with Crippen LogP contribution in [0.2, 0.25) is 5.02 Å². The summed E-state index contributed by atoms with van der Waals surface area (Å²) in [5, 5.41) is 12.2. The van der Waals surface area contributed by atoms with E-state index in [1.807, 2.05) is 12.1 Å². The minimum Gasteiger partial charge on any atom is -0.497 e. The van der Waals surface area contributed by atoms with Crippen molar-refractivity contribution in [1.29, 1.82) is 0 Å². The third kappa shape index (κ3) is 3.85. The van der Waals surface area contributed by atoms with Crippen LogP contribution in [0.25, 0.3) is 22.2 Å². The maximum absolute atomic E-state index is 13.2. The average Bonchev–Trinajstić information content (AvgIpc) is 3.19. The standard InChI is InChI=1S/C23H21ClN4O4/c1-4-18(22(29)25-17-8-6-5-7-16(17)24)28-23(30)21-19(13(2)32-27-21)20(26-28)14-9-11-15(31-3)12-10-14/h5-12,18H,4H2,1-3H3,(H,25,29). The van der Waals surface area contributed by atoms with Gasteiger partial charge >= 0.3 is 0 Å². The van der Waals surface area contributed by atoms with Crippen LogP contribution in [0.4, 0.5) is 5.69 Å². The number of aryl methyl sites for hydroxylation is 1. The third-order valence-electron chi connectivity index (χ3n) is 5.20. The van der Waals surface area contributed by atoms with Gasteiger partial charge in [-0.15, -0.1) is 0 Å². The monoisotopic (exact) mass is 452 g/mol. The molecule has 1 unspecified atom stereocenters. The number of methoxy groups -OCH3 is 1. The van der Waals surface area contributed by atoms with E-state index in [-0.39, 0.29) is 5.52 Å². The Bertz CT molecular complexity index is 1340. The van der Waals surface area contributed by atoms with Gasteiger partial charge in [-0.2, -0.15) is 5.10 Å². The molecule has 4 rings (SSSR count). The van der Waals surface area contributed by atoms with Crippen molar-refractivity contribution >= 4 is 34.1 Å². The molecule has 1 N–H and O–H groups in total. The van der Waals surface area contributed by atoms with E-state index in [0.717, 1.165) is 10.2 Å². The quantitative estimate of drug-likeness (QED) is 0.458. The van der Waals surface area contributed by atoms with Crippen molar-refractivity contribution in [3.05, 3.63) is 69.7 Å². The molecule has 8 nitrogen and oxygen atoms in total. The summed E-state index contributed by atoms with van der Waals surface area (Å²) >= 11 is 6.17. The van der Waals surface area contributed by atoms with E-state index in [1.165, 1.54) is 0 Å². The second-order valence-corrected chi connectivity index (χ2v) is 7.59. The van der Waals surface area contributed by atoms with Gasteiger partial charge in [-0.3, -0.25) is 9.59 Å². The molecular formula is C23H21ClN4O4. The third-order valence-corrected chi connectivity index (χ3v) is 5.53. The van der Waals surface area contributed by atoms with Crippen molar-refractivity contribution in [2.75, 3.05) is 12.4 Å². The number of halogens is 1. The summed E-state index contributed by atoms with van der Waals surface area (Å²) < 4.78 is 11.7. The lowest BCUT2D eigenvalue weighted by molar-refractivity contribution is -0.119. The molecule has 0 radical (unpaired) electrons. The van der Waals surface area contributed by atoms with Crippen molar-refractivity contribution in [2.24, 2.45) is 0 Å². The average molecular weight is 453 g/mol. The van der Waals surface area contributed by atoms with Gasteiger partial charge in [0, 0.05) is 5.56 Å². The zero-order chi connectivity index (χ0) is 22.8. The molecule has 164 valence electrons. The van der Waals surface area contributed by atoms with Crippen LogP contribution in [0, 0.1) is 6.92 Å². The molecule has 0 saturated heterocycles. The summed E-state index contributed by atoms with van der Waals surface area (Å²) in [6.07, 6.45) is 0.327. The maximum atomic E-state index is 13.2. The Kier molecular flexibility index (Phi) is 5.96. The van der Waals surface area contributed by atoms with Gasteiger partial charge in [-0.05, 0) is 49.7 Å². The predicted molar refractivity (Wildman–Crippen MR) is 122 cm³/mol. The molecule has 2 heterocycles. The number of aromatic nitrogens is 3. The van der Waals surface area contributed by atoms with Crippen LogP contribution >= 0.6 is 11.6 Å². The normalized spacial score (nSPS) is 12.0. The number of fused-ring (bicyclic) bond motifs is 1. The SMILES string of the molecule is CCC(C(=O)Nc1ccccc1Cl)n1nc(-c2ccc(OC)cc2)c2c(C)onc2c1=O.